The Balaban J connectivity index is 0.00000306. The largest absolute Gasteiger partial charge is 0.508 e. The Morgan fingerprint density at radius 1 is 1.15 bits per heavy atom. The minimum absolute atomic E-state index is 0. The van der Waals surface area contributed by atoms with Crippen molar-refractivity contribution in [3.8, 4) is 5.75 Å². The molecule has 0 heterocycles. The third kappa shape index (κ3) is 3.03. The maximum atomic E-state index is 13.7. The second-order valence-corrected chi connectivity index (χ2v) is 8.79. The second-order valence-electron chi connectivity index (χ2n) is 8.79. The molecule has 1 aromatic rings. The molecule has 0 aliphatic heterocycles. The first-order chi connectivity index (χ1) is 14.9. The predicted molar refractivity (Wildman–Crippen MR) is 110 cm³/mol. The number of phenolic OH excluding ortho intramolecular Hbond substituents is 1. The van der Waals surface area contributed by atoms with E-state index in [1.165, 1.54) is 25.1 Å². The summed E-state index contributed by atoms with van der Waals surface area (Å²) in [6, 6.07) is 3.13. The van der Waals surface area contributed by atoms with Crippen LogP contribution in [0, 0.1) is 11.8 Å². The van der Waals surface area contributed by atoms with Gasteiger partial charge in [-0.3, -0.25) is 19.3 Å². The van der Waals surface area contributed by atoms with Gasteiger partial charge >= 0.3 is 0 Å². The zero-order valence-corrected chi connectivity index (χ0v) is 21.3. The Hall–Kier alpha value is -2.59. The van der Waals surface area contributed by atoms with E-state index in [2.05, 4.69) is 0 Å². The van der Waals surface area contributed by atoms with Crippen LogP contribution in [0.25, 0.3) is 5.76 Å². The number of nitrogens with two attached hydrogens (primary N) is 1. The van der Waals surface area contributed by atoms with Gasteiger partial charge in [0.15, 0.2) is 11.4 Å². The summed E-state index contributed by atoms with van der Waals surface area (Å²) >= 11 is 0. The Bertz CT molecular complexity index is 1140. The molecule has 3 aliphatic rings. The summed E-state index contributed by atoms with van der Waals surface area (Å²) in [5, 5.41) is 54.9. The molecule has 172 valence electrons. The number of aliphatic hydroxyl groups excluding tert-OH is 3. The van der Waals surface area contributed by atoms with Gasteiger partial charge < -0.3 is 31.3 Å². The fourth-order valence-electron chi connectivity index (χ4n) is 5.58. The van der Waals surface area contributed by atoms with Crippen molar-refractivity contribution in [1.29, 1.82) is 0 Å². The number of rotatable bonds is 2. The zero-order valence-electron chi connectivity index (χ0n) is 18.3. The summed E-state index contributed by atoms with van der Waals surface area (Å²) in [6.45, 7) is 1.68. The van der Waals surface area contributed by atoms with E-state index in [1.807, 2.05) is 0 Å². The Morgan fingerprint density at radius 3 is 2.30 bits per heavy atom. The number of amides is 1. The number of hydrogen-bond acceptors (Lipinski definition) is 9. The van der Waals surface area contributed by atoms with Gasteiger partial charge in [-0.25, -0.2) is 0 Å². The molecule has 3 aliphatic carbocycles. The van der Waals surface area contributed by atoms with Crippen LogP contribution in [-0.2, 0) is 33.9 Å². The number of carbonyl (C=O) groups is 3. The van der Waals surface area contributed by atoms with Crippen molar-refractivity contribution in [2.45, 2.75) is 30.6 Å². The molecule has 0 unspecified atom stereocenters. The van der Waals surface area contributed by atoms with Gasteiger partial charge in [-0.05, 0) is 31.6 Å². The number of nitrogens with zero attached hydrogens (tertiary/aromatic N) is 1. The average Bonchev–Trinajstić information content (AvgIpc) is 2.70. The normalized spacial score (nSPS) is 33.3. The maximum absolute atomic E-state index is 13.7. The fraction of sp³-hybridized carbons (Fsp3) is 0.409. The number of phenols is 1. The molecule has 0 saturated heterocycles. The number of aliphatic hydroxyl groups is 4. The molecular weight excluding hydrogens is 486 g/mol. The zero-order chi connectivity index (χ0) is 23.9. The van der Waals surface area contributed by atoms with Crippen LogP contribution in [0.15, 0.2) is 35.1 Å². The molecular formula is C22H24N2O8Zn. The Morgan fingerprint density at radius 2 is 1.76 bits per heavy atom. The molecule has 0 spiro atoms. The van der Waals surface area contributed by atoms with E-state index < -0.39 is 75.6 Å². The van der Waals surface area contributed by atoms with Crippen LogP contribution < -0.4 is 5.73 Å². The molecule has 1 aromatic carbocycles. The number of Topliss-reactive ketones (excluding diaryl/α,β-unsaturated/α-hetero) is 2. The van der Waals surface area contributed by atoms with E-state index in [4.69, 9.17) is 5.73 Å². The maximum Gasteiger partial charge on any atom is 0.255 e. The second kappa shape index (κ2) is 8.02. The number of fused-ring (bicyclic) bond motifs is 3. The minimum Gasteiger partial charge on any atom is -0.508 e. The van der Waals surface area contributed by atoms with Crippen LogP contribution in [0.3, 0.4) is 0 Å². The summed E-state index contributed by atoms with van der Waals surface area (Å²) in [6.07, 6.45) is -1.59. The molecule has 11 heteroatoms. The van der Waals surface area contributed by atoms with Gasteiger partial charge in [-0.15, -0.1) is 0 Å². The van der Waals surface area contributed by atoms with Gasteiger partial charge in [0.05, 0.1) is 23.6 Å². The monoisotopic (exact) mass is 508 g/mol. The first kappa shape index (κ1) is 25.0. The molecule has 7 N–H and O–H groups in total. The third-order valence-electron chi connectivity index (χ3n) is 6.99. The molecule has 33 heavy (non-hydrogen) atoms. The van der Waals surface area contributed by atoms with Gasteiger partial charge in [0, 0.05) is 31.0 Å². The van der Waals surface area contributed by atoms with Gasteiger partial charge in [0.2, 0.25) is 5.78 Å². The van der Waals surface area contributed by atoms with Gasteiger partial charge in [0.25, 0.3) is 5.91 Å². The minimum atomic E-state index is -2.89. The Kier molecular flexibility index (Phi) is 6.09. The molecule has 10 nitrogen and oxygen atoms in total. The molecule has 0 bridgehead atoms. The van der Waals surface area contributed by atoms with Crippen molar-refractivity contribution < 1.29 is 59.4 Å². The Labute approximate surface area is 201 Å². The first-order valence-corrected chi connectivity index (χ1v) is 10.0. The van der Waals surface area contributed by atoms with Crippen LogP contribution in [0.2, 0.25) is 0 Å². The first-order valence-electron chi connectivity index (χ1n) is 10.0. The number of ketones is 2. The number of primary amides is 1. The number of hydrogen-bond donors (Lipinski definition) is 6. The SMILES string of the molecule is C[C@H]1c2cccc(O)c2C(O)=C2C(=O)[C@]3(O)C(O)=C(C(N)=O)C(=O)[C@@H](N(C)C)[C@H]3[C@@H](O)[C@@H]21.[Zn]. The molecule has 1 fully saturated rings. The number of carbonyl (C=O) groups excluding carboxylic acids is 3. The number of benzene rings is 1. The molecule has 4 rings (SSSR count). The number of likely N-dealkylation sites (N-methyl/N-ethyl adjacent to an activating group) is 1. The van der Waals surface area contributed by atoms with Gasteiger partial charge in [0.1, 0.15) is 22.8 Å². The molecule has 1 saturated carbocycles. The van der Waals surface area contributed by atoms with Crippen molar-refractivity contribution in [2.24, 2.45) is 17.6 Å². The fourth-order valence-corrected chi connectivity index (χ4v) is 5.58. The number of aromatic hydroxyl groups is 1. The summed E-state index contributed by atoms with van der Waals surface area (Å²) in [5.41, 5.74) is 1.47. The predicted octanol–water partition coefficient (Wildman–Crippen LogP) is -0.507. The van der Waals surface area contributed by atoms with Crippen molar-refractivity contribution in [3.05, 3.63) is 46.2 Å². The van der Waals surface area contributed by atoms with Crippen molar-refractivity contribution >= 4 is 23.2 Å². The van der Waals surface area contributed by atoms with Crippen molar-refractivity contribution in [1.82, 2.24) is 4.90 Å². The summed E-state index contributed by atoms with van der Waals surface area (Å²) in [5.74, 6) is -8.87. The van der Waals surface area contributed by atoms with Gasteiger partial charge in [-0.1, -0.05) is 19.1 Å². The van der Waals surface area contributed by atoms with Crippen LogP contribution >= 0.6 is 0 Å². The smallest absolute Gasteiger partial charge is 0.255 e. The van der Waals surface area contributed by atoms with E-state index in [0.29, 0.717) is 5.56 Å². The molecule has 1 amide bonds. The summed E-state index contributed by atoms with van der Waals surface area (Å²) < 4.78 is 0. The van der Waals surface area contributed by atoms with Gasteiger partial charge in [-0.2, -0.15) is 0 Å². The van der Waals surface area contributed by atoms with Crippen LogP contribution in [0.1, 0.15) is 24.0 Å². The molecule has 0 radical (unpaired) electrons. The average molecular weight is 510 g/mol. The van der Waals surface area contributed by atoms with E-state index in [1.54, 1.807) is 19.1 Å². The van der Waals surface area contributed by atoms with Crippen molar-refractivity contribution in [2.75, 3.05) is 14.1 Å². The summed E-state index contributed by atoms with van der Waals surface area (Å²) in [4.78, 5) is 40.0. The van der Waals surface area contributed by atoms with E-state index >= 15 is 0 Å². The van der Waals surface area contributed by atoms with Crippen LogP contribution in [0.5, 0.6) is 5.75 Å². The molecule has 0 aromatic heterocycles. The standard InChI is InChI=1S/C22H24N2O8.Zn/c1-7-8-5-4-6-9(25)11(8)16(26)12-10(7)17(27)14-15(24(2)3)18(28)13(21(23)31)20(30)22(14,32)19(12)29;/h4-7,10,14-15,17,25-27,30,32H,1-3H3,(H2,23,31);/t7-,10+,14-,15-,17-,22-;/m0./s1. The topological polar surface area (TPSA) is 182 Å². The van der Waals surface area contributed by atoms with Crippen molar-refractivity contribution in [3.63, 3.8) is 0 Å². The third-order valence-corrected chi connectivity index (χ3v) is 6.99. The van der Waals surface area contributed by atoms with E-state index in [0.717, 1.165) is 0 Å². The van der Waals surface area contributed by atoms with Crippen LogP contribution in [0.4, 0.5) is 0 Å². The quantitative estimate of drug-likeness (QED) is 0.226. The van der Waals surface area contributed by atoms with E-state index in [9.17, 15) is 39.9 Å². The van der Waals surface area contributed by atoms with E-state index in [-0.39, 0.29) is 30.8 Å². The van der Waals surface area contributed by atoms with Crippen LogP contribution in [-0.4, -0.2) is 79.7 Å². The molecule has 6 atom stereocenters. The summed E-state index contributed by atoms with van der Waals surface area (Å²) in [7, 11) is 2.92.